The Morgan fingerprint density at radius 1 is 1.18 bits per heavy atom. The number of nitrogens with zero attached hydrogens (tertiary/aromatic N) is 4. The largest absolute Gasteiger partial charge is 0.309 e. The van der Waals surface area contributed by atoms with Crippen molar-refractivity contribution < 1.29 is 13.2 Å². The smallest absolute Gasteiger partial charge is 0.253 e. The van der Waals surface area contributed by atoms with Gasteiger partial charge in [-0.05, 0) is 70.6 Å². The summed E-state index contributed by atoms with van der Waals surface area (Å²) in [5.41, 5.74) is 1.74. The second-order valence-corrected chi connectivity index (χ2v) is 13.7. The van der Waals surface area contributed by atoms with Gasteiger partial charge in [0.15, 0.2) is 5.13 Å². The number of hydrogen-bond acceptors (Lipinski definition) is 7. The van der Waals surface area contributed by atoms with Gasteiger partial charge in [0.05, 0.1) is 19.6 Å². The minimum Gasteiger partial charge on any atom is -0.309 e. The molecule has 2 aromatic heterocycles. The lowest BCUT2D eigenvalue weighted by atomic mass is 10.2. The summed E-state index contributed by atoms with van der Waals surface area (Å²) >= 11 is 14.8. The van der Waals surface area contributed by atoms with Gasteiger partial charge in [0.25, 0.3) is 10.0 Å². The molecule has 0 aliphatic carbocycles. The van der Waals surface area contributed by atoms with Crippen molar-refractivity contribution in [2.75, 3.05) is 38.6 Å². The maximum Gasteiger partial charge on any atom is 0.253 e. The monoisotopic (exact) mass is 560 g/mol. The minimum atomic E-state index is -3.83. The van der Waals surface area contributed by atoms with Gasteiger partial charge in [-0.15, -0.1) is 11.3 Å². The summed E-state index contributed by atoms with van der Waals surface area (Å²) in [6.45, 7) is 3.47. The average Bonchev–Trinajstić information content (AvgIpc) is 3.53. The van der Waals surface area contributed by atoms with Crippen LogP contribution in [-0.2, 0) is 14.8 Å². The standard InChI is InChI=1S/C22H26Cl2N4O3S3/c1-14-7-8-15(23)20-19(14)25-22(33-20)27(12-5-11-26(2)3)21(29)16-6-4-13-28(16)34(30,31)18-10-9-17(24)32-18/h7-10,16H,4-6,11-13H2,1-3H3. The first-order valence-electron chi connectivity index (χ1n) is 10.9. The number of carbonyl (C=O) groups excluding carboxylic acids is 1. The van der Waals surface area contributed by atoms with Crippen LogP contribution in [-0.4, -0.2) is 68.3 Å². The Morgan fingerprint density at radius 3 is 2.59 bits per heavy atom. The number of aromatic nitrogens is 1. The number of thiazole rings is 1. The van der Waals surface area contributed by atoms with Gasteiger partial charge in [-0.2, -0.15) is 4.31 Å². The zero-order chi connectivity index (χ0) is 24.6. The van der Waals surface area contributed by atoms with Crippen LogP contribution in [0.4, 0.5) is 5.13 Å². The van der Waals surface area contributed by atoms with Gasteiger partial charge in [0, 0.05) is 13.1 Å². The van der Waals surface area contributed by atoms with Gasteiger partial charge in [0.1, 0.15) is 10.3 Å². The fraction of sp³-hybridized carbons (Fsp3) is 0.455. The number of benzene rings is 1. The van der Waals surface area contributed by atoms with Gasteiger partial charge in [-0.1, -0.05) is 40.6 Å². The molecule has 0 saturated carbocycles. The highest BCUT2D eigenvalue weighted by atomic mass is 35.5. The first-order chi connectivity index (χ1) is 16.1. The van der Waals surface area contributed by atoms with E-state index in [9.17, 15) is 13.2 Å². The number of thiophene rings is 1. The van der Waals surface area contributed by atoms with Crippen LogP contribution in [0.1, 0.15) is 24.8 Å². The zero-order valence-corrected chi connectivity index (χ0v) is 23.1. The molecule has 3 heterocycles. The molecule has 34 heavy (non-hydrogen) atoms. The quantitative estimate of drug-likeness (QED) is 0.382. The van der Waals surface area contributed by atoms with Crippen LogP contribution in [0.25, 0.3) is 10.2 Å². The highest BCUT2D eigenvalue weighted by molar-refractivity contribution is 7.91. The third-order valence-electron chi connectivity index (χ3n) is 5.77. The third-order valence-corrected chi connectivity index (χ3v) is 10.9. The van der Waals surface area contributed by atoms with E-state index in [1.54, 1.807) is 11.0 Å². The van der Waals surface area contributed by atoms with Crippen LogP contribution in [0.3, 0.4) is 0 Å². The minimum absolute atomic E-state index is 0.152. The lowest BCUT2D eigenvalue weighted by Gasteiger charge is -2.28. The molecule has 1 aliphatic heterocycles. The molecular formula is C22H26Cl2N4O3S3. The molecule has 1 atom stereocenters. The molecule has 12 heteroatoms. The molecule has 7 nitrogen and oxygen atoms in total. The molecule has 1 fully saturated rings. The average molecular weight is 562 g/mol. The van der Waals surface area contributed by atoms with Crippen LogP contribution in [0.2, 0.25) is 9.36 Å². The van der Waals surface area contributed by atoms with Crippen molar-refractivity contribution in [2.45, 2.75) is 36.4 Å². The molecule has 1 aliphatic rings. The fourth-order valence-electron chi connectivity index (χ4n) is 4.06. The van der Waals surface area contributed by atoms with E-state index in [1.807, 2.05) is 33.2 Å². The molecule has 0 spiro atoms. The zero-order valence-electron chi connectivity index (χ0n) is 19.1. The number of rotatable bonds is 8. The number of aryl methyl sites for hydroxylation is 1. The molecule has 0 bridgehead atoms. The Balaban J connectivity index is 1.69. The second-order valence-electron chi connectivity index (χ2n) is 8.52. The Hall–Kier alpha value is -1.27. The fourth-order valence-corrected chi connectivity index (χ4v) is 8.67. The molecule has 1 saturated heterocycles. The van der Waals surface area contributed by atoms with Crippen molar-refractivity contribution >= 4 is 77.2 Å². The number of halogens is 2. The van der Waals surface area contributed by atoms with Crippen LogP contribution >= 0.6 is 45.9 Å². The van der Waals surface area contributed by atoms with Gasteiger partial charge >= 0.3 is 0 Å². The number of amides is 1. The lowest BCUT2D eigenvalue weighted by Crippen LogP contribution is -2.48. The highest BCUT2D eigenvalue weighted by Crippen LogP contribution is 2.38. The molecule has 3 aromatic rings. The summed E-state index contributed by atoms with van der Waals surface area (Å²) in [6.07, 6.45) is 1.80. The Bertz CT molecular complexity index is 1270. The first kappa shape index (κ1) is 25.8. The number of sulfonamides is 1. The Kier molecular flexibility index (Phi) is 7.88. The predicted octanol–water partition coefficient (Wildman–Crippen LogP) is 5.11. The van der Waals surface area contributed by atoms with E-state index in [2.05, 4.69) is 4.90 Å². The Labute approximate surface area is 217 Å². The van der Waals surface area contributed by atoms with E-state index in [1.165, 1.54) is 21.7 Å². The predicted molar refractivity (Wildman–Crippen MR) is 141 cm³/mol. The third kappa shape index (κ3) is 5.13. The molecule has 184 valence electrons. The van der Waals surface area contributed by atoms with Crippen molar-refractivity contribution in [1.29, 1.82) is 0 Å². The van der Waals surface area contributed by atoms with Crippen molar-refractivity contribution in [1.82, 2.24) is 14.2 Å². The van der Waals surface area contributed by atoms with E-state index >= 15 is 0 Å². The highest BCUT2D eigenvalue weighted by Gasteiger charge is 2.42. The molecule has 0 N–H and O–H groups in total. The van der Waals surface area contributed by atoms with Crippen molar-refractivity contribution in [3.8, 4) is 0 Å². The number of carbonyl (C=O) groups is 1. The van der Waals surface area contributed by atoms with Gasteiger partial charge in [0.2, 0.25) is 5.91 Å². The molecule has 1 amide bonds. The van der Waals surface area contributed by atoms with Gasteiger partial charge in [-0.3, -0.25) is 9.69 Å². The summed E-state index contributed by atoms with van der Waals surface area (Å²) in [5.74, 6) is -0.254. The van der Waals surface area contributed by atoms with Crippen molar-refractivity contribution in [3.05, 3.63) is 39.2 Å². The first-order valence-corrected chi connectivity index (χ1v) is 14.7. The summed E-state index contributed by atoms with van der Waals surface area (Å²) in [6, 6.07) is 6.01. The Morgan fingerprint density at radius 2 is 1.94 bits per heavy atom. The maximum atomic E-state index is 13.9. The summed E-state index contributed by atoms with van der Waals surface area (Å²) in [5, 5.41) is 1.13. The van der Waals surface area contributed by atoms with Gasteiger partial charge in [-0.25, -0.2) is 13.4 Å². The second kappa shape index (κ2) is 10.4. The van der Waals surface area contributed by atoms with Crippen LogP contribution in [0.15, 0.2) is 28.5 Å². The molecule has 1 unspecified atom stereocenters. The van der Waals surface area contributed by atoms with E-state index in [0.717, 1.165) is 40.1 Å². The molecule has 4 rings (SSSR count). The van der Waals surface area contributed by atoms with Crippen molar-refractivity contribution in [3.63, 3.8) is 0 Å². The molecule has 1 aromatic carbocycles. The number of fused-ring (bicyclic) bond motifs is 1. The van der Waals surface area contributed by atoms with E-state index in [4.69, 9.17) is 28.2 Å². The van der Waals surface area contributed by atoms with Gasteiger partial charge < -0.3 is 4.90 Å². The van der Waals surface area contributed by atoms with E-state index in [-0.39, 0.29) is 10.1 Å². The summed E-state index contributed by atoms with van der Waals surface area (Å²) in [4.78, 5) is 22.3. The molecular weight excluding hydrogens is 535 g/mol. The number of hydrogen-bond donors (Lipinski definition) is 0. The topological polar surface area (TPSA) is 73.8 Å². The molecule has 0 radical (unpaired) electrons. The van der Waals surface area contributed by atoms with Crippen LogP contribution in [0.5, 0.6) is 0 Å². The summed E-state index contributed by atoms with van der Waals surface area (Å²) < 4.78 is 29.3. The van der Waals surface area contributed by atoms with E-state index in [0.29, 0.717) is 40.4 Å². The van der Waals surface area contributed by atoms with Crippen LogP contribution < -0.4 is 4.90 Å². The summed E-state index contributed by atoms with van der Waals surface area (Å²) in [7, 11) is 0.127. The van der Waals surface area contributed by atoms with Crippen molar-refractivity contribution in [2.24, 2.45) is 0 Å². The van der Waals surface area contributed by atoms with Crippen LogP contribution in [0, 0.1) is 6.92 Å². The number of anilines is 1. The SMILES string of the molecule is Cc1ccc(Cl)c2sc(N(CCCN(C)C)C(=O)C3CCCN3S(=O)(=O)c3ccc(Cl)s3)nc12. The maximum absolute atomic E-state index is 13.9. The lowest BCUT2D eigenvalue weighted by molar-refractivity contribution is -0.121. The normalized spacial score (nSPS) is 17.2. The van der Waals surface area contributed by atoms with E-state index < -0.39 is 16.1 Å².